The van der Waals surface area contributed by atoms with Gasteiger partial charge < -0.3 is 15.1 Å². The first-order valence-corrected chi connectivity index (χ1v) is 9.09. The fraction of sp³-hybridized carbons (Fsp3) is 0.421. The molecule has 134 valence electrons. The molecule has 0 spiro atoms. The molecule has 1 aromatic heterocycles. The van der Waals surface area contributed by atoms with Crippen molar-refractivity contribution in [1.82, 2.24) is 15.5 Å². The summed E-state index contributed by atoms with van der Waals surface area (Å²) in [4.78, 5) is 14.7. The molecule has 0 bridgehead atoms. The Morgan fingerprint density at radius 2 is 2.00 bits per heavy atom. The number of urea groups is 1. The molecular weight excluding hydrogens is 338 g/mol. The lowest BCUT2D eigenvalue weighted by atomic mass is 10.1. The van der Waals surface area contributed by atoms with Gasteiger partial charge in [0.2, 0.25) is 0 Å². The summed E-state index contributed by atoms with van der Waals surface area (Å²) < 4.78 is 5.58. The maximum Gasteiger partial charge on any atom is 0.315 e. The molecule has 0 saturated carbocycles. The van der Waals surface area contributed by atoms with Crippen molar-refractivity contribution in [2.24, 2.45) is 0 Å². The van der Waals surface area contributed by atoms with Crippen LogP contribution in [-0.4, -0.2) is 30.6 Å². The number of halogens is 1. The van der Waals surface area contributed by atoms with Crippen molar-refractivity contribution in [2.45, 2.75) is 31.8 Å². The van der Waals surface area contributed by atoms with E-state index in [-0.39, 0.29) is 18.1 Å². The molecule has 2 heterocycles. The zero-order valence-electron chi connectivity index (χ0n) is 14.4. The van der Waals surface area contributed by atoms with Crippen molar-refractivity contribution in [3.05, 3.63) is 59.0 Å². The van der Waals surface area contributed by atoms with Gasteiger partial charge in [-0.15, -0.1) is 0 Å². The number of rotatable bonds is 6. The van der Waals surface area contributed by atoms with Crippen LogP contribution in [0.3, 0.4) is 0 Å². The molecule has 5 nitrogen and oxygen atoms in total. The van der Waals surface area contributed by atoms with Crippen LogP contribution in [-0.2, 0) is 0 Å². The highest BCUT2D eigenvalue weighted by molar-refractivity contribution is 6.31. The highest BCUT2D eigenvalue weighted by Crippen LogP contribution is 2.25. The smallest absolute Gasteiger partial charge is 0.315 e. The zero-order valence-corrected chi connectivity index (χ0v) is 15.1. The minimum Gasteiger partial charge on any atom is -0.468 e. The maximum atomic E-state index is 12.3. The SMILES string of the molecule is CC(NC(=O)NCC(c1ccco1)N1CCCC1)c1ccccc1Cl. The number of nitrogens with one attached hydrogen (secondary N) is 2. The van der Waals surface area contributed by atoms with Crippen molar-refractivity contribution in [2.75, 3.05) is 19.6 Å². The molecule has 2 unspecified atom stereocenters. The zero-order chi connectivity index (χ0) is 17.6. The number of amides is 2. The Hall–Kier alpha value is -1.98. The van der Waals surface area contributed by atoms with Crippen LogP contribution in [0.4, 0.5) is 4.79 Å². The Morgan fingerprint density at radius 1 is 1.24 bits per heavy atom. The first kappa shape index (κ1) is 17.8. The van der Waals surface area contributed by atoms with Gasteiger partial charge in [0.05, 0.1) is 18.3 Å². The van der Waals surface area contributed by atoms with E-state index in [2.05, 4.69) is 15.5 Å². The van der Waals surface area contributed by atoms with E-state index >= 15 is 0 Å². The van der Waals surface area contributed by atoms with Gasteiger partial charge in [0.15, 0.2) is 0 Å². The number of nitrogens with zero attached hydrogens (tertiary/aromatic N) is 1. The molecule has 2 atom stereocenters. The number of likely N-dealkylation sites (tertiary alicyclic amines) is 1. The molecule has 1 fully saturated rings. The Balaban J connectivity index is 1.57. The van der Waals surface area contributed by atoms with Crippen molar-refractivity contribution in [3.63, 3.8) is 0 Å². The first-order valence-electron chi connectivity index (χ1n) is 8.71. The molecule has 25 heavy (non-hydrogen) atoms. The quantitative estimate of drug-likeness (QED) is 0.813. The number of hydrogen-bond acceptors (Lipinski definition) is 3. The minimum atomic E-state index is -0.205. The van der Waals surface area contributed by atoms with Crippen LogP contribution in [0, 0.1) is 0 Å². The van der Waals surface area contributed by atoms with E-state index in [9.17, 15) is 4.79 Å². The highest BCUT2D eigenvalue weighted by atomic mass is 35.5. The van der Waals surface area contributed by atoms with Gasteiger partial charge in [-0.25, -0.2) is 4.79 Å². The second kappa shape index (κ2) is 8.41. The molecule has 0 aliphatic carbocycles. The third-order valence-electron chi connectivity index (χ3n) is 4.63. The van der Waals surface area contributed by atoms with Gasteiger partial charge in [-0.3, -0.25) is 4.90 Å². The van der Waals surface area contributed by atoms with E-state index in [1.807, 2.05) is 43.3 Å². The van der Waals surface area contributed by atoms with Gasteiger partial charge in [0.1, 0.15) is 5.76 Å². The molecule has 2 N–H and O–H groups in total. The Labute approximate surface area is 153 Å². The molecular formula is C19H24ClN3O2. The Bertz CT molecular complexity index is 684. The summed E-state index contributed by atoms with van der Waals surface area (Å²) in [5, 5.41) is 6.57. The molecule has 1 aromatic carbocycles. The lowest BCUT2D eigenvalue weighted by Crippen LogP contribution is -2.42. The second-order valence-corrected chi connectivity index (χ2v) is 6.78. The van der Waals surface area contributed by atoms with E-state index < -0.39 is 0 Å². The van der Waals surface area contributed by atoms with Gasteiger partial charge in [-0.2, -0.15) is 0 Å². The lowest BCUT2D eigenvalue weighted by molar-refractivity contribution is 0.202. The van der Waals surface area contributed by atoms with E-state index in [1.54, 1.807) is 6.26 Å². The molecule has 1 saturated heterocycles. The minimum absolute atomic E-state index is 0.0684. The van der Waals surface area contributed by atoms with Crippen molar-refractivity contribution < 1.29 is 9.21 Å². The average molecular weight is 362 g/mol. The van der Waals surface area contributed by atoms with Crippen LogP contribution >= 0.6 is 11.6 Å². The van der Waals surface area contributed by atoms with Crippen molar-refractivity contribution in [3.8, 4) is 0 Å². The lowest BCUT2D eigenvalue weighted by Gasteiger charge is -2.26. The number of hydrogen-bond donors (Lipinski definition) is 2. The molecule has 1 aliphatic rings. The summed E-state index contributed by atoms with van der Waals surface area (Å²) in [6.07, 6.45) is 4.05. The van der Waals surface area contributed by atoms with Crippen LogP contribution in [0.25, 0.3) is 0 Å². The summed E-state index contributed by atoms with van der Waals surface area (Å²) in [5.41, 5.74) is 0.904. The number of carbonyl (C=O) groups excluding carboxylic acids is 1. The second-order valence-electron chi connectivity index (χ2n) is 6.37. The van der Waals surface area contributed by atoms with Crippen LogP contribution in [0.2, 0.25) is 5.02 Å². The number of carbonyl (C=O) groups is 1. The molecule has 0 radical (unpaired) electrons. The fourth-order valence-electron chi connectivity index (χ4n) is 3.28. The number of furan rings is 1. The summed E-state index contributed by atoms with van der Waals surface area (Å²) >= 11 is 6.19. The van der Waals surface area contributed by atoms with Crippen molar-refractivity contribution in [1.29, 1.82) is 0 Å². The third-order valence-corrected chi connectivity index (χ3v) is 4.97. The molecule has 2 amide bonds. The summed E-state index contributed by atoms with van der Waals surface area (Å²) in [7, 11) is 0. The Morgan fingerprint density at radius 3 is 2.68 bits per heavy atom. The normalized spacial score (nSPS) is 17.2. The van der Waals surface area contributed by atoms with Gasteiger partial charge in [-0.05, 0) is 56.6 Å². The van der Waals surface area contributed by atoms with E-state index in [1.165, 1.54) is 12.8 Å². The van der Waals surface area contributed by atoms with Crippen LogP contribution in [0.15, 0.2) is 47.1 Å². The molecule has 3 rings (SSSR count). The van der Waals surface area contributed by atoms with Gasteiger partial charge in [-0.1, -0.05) is 29.8 Å². The fourth-order valence-corrected chi connectivity index (χ4v) is 3.58. The standard InChI is InChI=1S/C19H24ClN3O2/c1-14(15-7-2-3-8-16(15)20)22-19(24)21-13-17(18-9-6-12-25-18)23-10-4-5-11-23/h2-3,6-9,12,14,17H,4-5,10-11,13H2,1H3,(H2,21,22,24). The van der Waals surface area contributed by atoms with E-state index in [0.717, 1.165) is 24.4 Å². The largest absolute Gasteiger partial charge is 0.468 e. The molecule has 2 aromatic rings. The third kappa shape index (κ3) is 4.55. The monoisotopic (exact) mass is 361 g/mol. The Kier molecular flexibility index (Phi) is 6.00. The molecule has 1 aliphatic heterocycles. The van der Waals surface area contributed by atoms with Crippen LogP contribution in [0.1, 0.15) is 43.2 Å². The predicted molar refractivity (Wildman–Crippen MR) is 98.7 cm³/mol. The number of benzene rings is 1. The molecule has 6 heteroatoms. The highest BCUT2D eigenvalue weighted by Gasteiger charge is 2.26. The van der Waals surface area contributed by atoms with Crippen molar-refractivity contribution >= 4 is 17.6 Å². The van der Waals surface area contributed by atoms with Gasteiger partial charge in [0, 0.05) is 11.6 Å². The van der Waals surface area contributed by atoms with E-state index in [0.29, 0.717) is 11.6 Å². The first-order chi connectivity index (χ1) is 12.1. The predicted octanol–water partition coefficient (Wildman–Crippen LogP) is 4.13. The maximum absolute atomic E-state index is 12.3. The van der Waals surface area contributed by atoms with Crippen LogP contribution < -0.4 is 10.6 Å². The summed E-state index contributed by atoms with van der Waals surface area (Å²) in [6, 6.07) is 11.1. The van der Waals surface area contributed by atoms with Crippen LogP contribution in [0.5, 0.6) is 0 Å². The average Bonchev–Trinajstić information content (AvgIpc) is 3.29. The summed E-state index contributed by atoms with van der Waals surface area (Å²) in [6.45, 7) is 4.50. The topological polar surface area (TPSA) is 57.5 Å². The van der Waals surface area contributed by atoms with E-state index in [4.69, 9.17) is 16.0 Å². The van der Waals surface area contributed by atoms with Gasteiger partial charge >= 0.3 is 6.03 Å². The van der Waals surface area contributed by atoms with Gasteiger partial charge in [0.25, 0.3) is 0 Å². The summed E-state index contributed by atoms with van der Waals surface area (Å²) in [5.74, 6) is 0.890.